The van der Waals surface area contributed by atoms with Crippen molar-refractivity contribution >= 4 is 45.0 Å². The van der Waals surface area contributed by atoms with Crippen molar-refractivity contribution in [3.05, 3.63) is 53.0 Å². The van der Waals surface area contributed by atoms with Crippen molar-refractivity contribution in [3.8, 4) is 0 Å². The van der Waals surface area contributed by atoms with Gasteiger partial charge in [0, 0.05) is 30.7 Å². The van der Waals surface area contributed by atoms with Crippen LogP contribution < -0.4 is 15.5 Å². The molecular weight excluding hydrogens is 476 g/mol. The number of nitrogens with one attached hydrogen (secondary N) is 2. The Kier molecular flexibility index (Phi) is 8.43. The molecule has 3 aromatic rings. The van der Waals surface area contributed by atoms with Gasteiger partial charge >= 0.3 is 0 Å². The Labute approximate surface area is 215 Å². The van der Waals surface area contributed by atoms with Crippen molar-refractivity contribution in [1.29, 1.82) is 0 Å². The van der Waals surface area contributed by atoms with Gasteiger partial charge in [-0.2, -0.15) is 0 Å². The average Bonchev–Trinajstić information content (AvgIpc) is 3.46. The number of thiophene rings is 1. The largest absolute Gasteiger partial charge is 0.395 e. The van der Waals surface area contributed by atoms with Crippen molar-refractivity contribution in [1.82, 2.24) is 15.2 Å². The second-order valence-electron chi connectivity index (χ2n) is 9.30. The fourth-order valence-electron chi connectivity index (χ4n) is 4.94. The zero-order chi connectivity index (χ0) is 25.7. The van der Waals surface area contributed by atoms with Crippen molar-refractivity contribution in [3.63, 3.8) is 0 Å². The first-order chi connectivity index (χ1) is 17.4. The number of carbonyl (C=O) groups excluding carboxylic acids is 3. The lowest BCUT2D eigenvalue weighted by Crippen LogP contribution is -2.42. The molecule has 1 aliphatic rings. The normalized spacial score (nSPS) is 17.6. The fraction of sp³-hybridized carbons (Fsp3) is 0.444. The van der Waals surface area contributed by atoms with Gasteiger partial charge in [0.25, 0.3) is 5.91 Å². The SMILES string of the molecule is CCN(C(=O)Cn1c(C(=O)N[C@H]2CC[C@H](C(=O)NCCO)CC2)cc2sccc21)c1cccc(C)c1. The van der Waals surface area contributed by atoms with Crippen LogP contribution in [0.4, 0.5) is 5.69 Å². The van der Waals surface area contributed by atoms with Crippen LogP contribution in [0, 0.1) is 12.8 Å². The number of aliphatic hydroxyl groups is 1. The van der Waals surface area contributed by atoms with E-state index in [0.717, 1.165) is 21.5 Å². The summed E-state index contributed by atoms with van der Waals surface area (Å²) in [6, 6.07) is 11.7. The predicted molar refractivity (Wildman–Crippen MR) is 142 cm³/mol. The number of hydrogen-bond donors (Lipinski definition) is 3. The maximum absolute atomic E-state index is 13.4. The Bertz CT molecular complexity index is 1230. The van der Waals surface area contributed by atoms with E-state index < -0.39 is 0 Å². The van der Waals surface area contributed by atoms with Gasteiger partial charge in [-0.1, -0.05) is 12.1 Å². The molecule has 0 unspecified atom stereocenters. The number of likely N-dealkylation sites (N-methyl/N-ethyl adjacent to an activating group) is 1. The number of carbonyl (C=O) groups is 3. The second-order valence-corrected chi connectivity index (χ2v) is 10.2. The monoisotopic (exact) mass is 510 g/mol. The van der Waals surface area contributed by atoms with Crippen molar-refractivity contribution in [2.45, 2.75) is 52.1 Å². The summed E-state index contributed by atoms with van der Waals surface area (Å²) in [6.07, 6.45) is 2.82. The average molecular weight is 511 g/mol. The number of aromatic nitrogens is 1. The number of aryl methyl sites for hydroxylation is 1. The number of amides is 3. The molecular formula is C27H34N4O4S. The Morgan fingerprint density at radius 3 is 2.61 bits per heavy atom. The maximum Gasteiger partial charge on any atom is 0.268 e. The first-order valence-corrected chi connectivity index (χ1v) is 13.4. The van der Waals surface area contributed by atoms with Crippen LogP contribution in [0.25, 0.3) is 10.2 Å². The topological polar surface area (TPSA) is 104 Å². The van der Waals surface area contributed by atoms with Crippen LogP contribution in [-0.2, 0) is 16.1 Å². The quantitative estimate of drug-likeness (QED) is 0.410. The minimum absolute atomic E-state index is 0.0177. The molecule has 1 aromatic carbocycles. The lowest BCUT2D eigenvalue weighted by molar-refractivity contribution is -0.126. The van der Waals surface area contributed by atoms with Crippen LogP contribution in [0.5, 0.6) is 0 Å². The number of benzene rings is 1. The molecule has 1 saturated carbocycles. The highest BCUT2D eigenvalue weighted by atomic mass is 32.1. The lowest BCUT2D eigenvalue weighted by Gasteiger charge is -2.28. The molecule has 192 valence electrons. The summed E-state index contributed by atoms with van der Waals surface area (Å²) in [5, 5.41) is 16.7. The smallest absolute Gasteiger partial charge is 0.268 e. The number of fused-ring (bicyclic) bond motifs is 1. The van der Waals surface area contributed by atoms with Gasteiger partial charge in [0.1, 0.15) is 12.2 Å². The van der Waals surface area contributed by atoms with Gasteiger partial charge in [0.15, 0.2) is 0 Å². The van der Waals surface area contributed by atoms with E-state index in [0.29, 0.717) is 37.9 Å². The molecule has 3 amide bonds. The van der Waals surface area contributed by atoms with E-state index in [1.54, 1.807) is 16.2 Å². The van der Waals surface area contributed by atoms with E-state index in [-0.39, 0.29) is 49.4 Å². The molecule has 0 bridgehead atoms. The van der Waals surface area contributed by atoms with Crippen LogP contribution in [0.15, 0.2) is 41.8 Å². The molecule has 3 N–H and O–H groups in total. The third-order valence-electron chi connectivity index (χ3n) is 6.82. The van der Waals surface area contributed by atoms with Gasteiger partial charge in [0.2, 0.25) is 11.8 Å². The first-order valence-electron chi connectivity index (χ1n) is 12.5. The highest BCUT2D eigenvalue weighted by molar-refractivity contribution is 7.17. The predicted octanol–water partition coefficient (Wildman–Crippen LogP) is 3.46. The molecule has 4 rings (SSSR count). The van der Waals surface area contributed by atoms with E-state index in [1.807, 2.05) is 60.2 Å². The van der Waals surface area contributed by atoms with Crippen molar-refractivity contribution in [2.24, 2.45) is 5.92 Å². The summed E-state index contributed by atoms with van der Waals surface area (Å²) in [5.74, 6) is -0.387. The number of anilines is 1. The highest BCUT2D eigenvalue weighted by Gasteiger charge is 2.28. The molecule has 0 saturated heterocycles. The van der Waals surface area contributed by atoms with Crippen molar-refractivity contribution < 1.29 is 19.5 Å². The molecule has 36 heavy (non-hydrogen) atoms. The molecule has 1 fully saturated rings. The lowest BCUT2D eigenvalue weighted by atomic mass is 9.85. The molecule has 0 radical (unpaired) electrons. The van der Waals surface area contributed by atoms with Gasteiger partial charge in [-0.3, -0.25) is 14.4 Å². The van der Waals surface area contributed by atoms with E-state index in [4.69, 9.17) is 5.11 Å². The van der Waals surface area contributed by atoms with Gasteiger partial charge < -0.3 is 25.2 Å². The fourth-order valence-corrected chi connectivity index (χ4v) is 5.76. The molecule has 0 aliphatic heterocycles. The minimum Gasteiger partial charge on any atom is -0.395 e. The van der Waals surface area contributed by atoms with Gasteiger partial charge in [-0.05, 0) is 74.7 Å². The van der Waals surface area contributed by atoms with Gasteiger partial charge in [-0.25, -0.2) is 0 Å². The summed E-state index contributed by atoms with van der Waals surface area (Å²) in [4.78, 5) is 40.6. The Balaban J connectivity index is 1.46. The third-order valence-corrected chi connectivity index (χ3v) is 7.68. The molecule has 0 spiro atoms. The van der Waals surface area contributed by atoms with Crippen LogP contribution in [0.2, 0.25) is 0 Å². The number of nitrogens with zero attached hydrogens (tertiary/aromatic N) is 2. The first kappa shape index (κ1) is 25.9. The van der Waals surface area contributed by atoms with Gasteiger partial charge in [0.05, 0.1) is 16.8 Å². The van der Waals surface area contributed by atoms with Crippen LogP contribution >= 0.6 is 11.3 Å². The summed E-state index contributed by atoms with van der Waals surface area (Å²) >= 11 is 1.55. The van der Waals surface area contributed by atoms with Crippen molar-refractivity contribution in [2.75, 3.05) is 24.6 Å². The van der Waals surface area contributed by atoms with E-state index in [2.05, 4.69) is 10.6 Å². The Morgan fingerprint density at radius 1 is 1.14 bits per heavy atom. The highest BCUT2D eigenvalue weighted by Crippen LogP contribution is 2.28. The summed E-state index contributed by atoms with van der Waals surface area (Å²) in [7, 11) is 0. The zero-order valence-corrected chi connectivity index (χ0v) is 21.6. The molecule has 2 aromatic heterocycles. The molecule has 1 aliphatic carbocycles. The van der Waals surface area contributed by atoms with Crippen LogP contribution in [-0.4, -0.2) is 53.1 Å². The van der Waals surface area contributed by atoms with E-state index in [9.17, 15) is 14.4 Å². The zero-order valence-electron chi connectivity index (χ0n) is 20.8. The maximum atomic E-state index is 13.4. The minimum atomic E-state index is -0.196. The summed E-state index contributed by atoms with van der Waals surface area (Å²) < 4.78 is 2.78. The van der Waals surface area contributed by atoms with E-state index >= 15 is 0 Å². The molecule has 0 atom stereocenters. The Morgan fingerprint density at radius 2 is 1.92 bits per heavy atom. The third kappa shape index (κ3) is 5.79. The molecule has 8 nitrogen and oxygen atoms in total. The standard InChI is InChI=1S/C27H34N4O4S/c1-3-30(21-6-4-5-18(2)15-21)25(33)17-31-22-11-14-36-24(22)16-23(31)27(35)29-20-9-7-19(8-10-20)26(34)28-12-13-32/h4-6,11,14-16,19-20,32H,3,7-10,12-13,17H2,1-2H3,(H,28,34)(H,29,35)/t19-,20-. The van der Waals surface area contributed by atoms with E-state index in [1.165, 1.54) is 0 Å². The summed E-state index contributed by atoms with van der Waals surface area (Å²) in [6.45, 7) is 4.75. The van der Waals surface area contributed by atoms with Crippen LogP contribution in [0.3, 0.4) is 0 Å². The molecule has 9 heteroatoms. The molecule has 2 heterocycles. The van der Waals surface area contributed by atoms with Gasteiger partial charge in [-0.15, -0.1) is 11.3 Å². The number of rotatable bonds is 9. The Hall–Kier alpha value is -3.17. The second kappa shape index (κ2) is 11.7. The number of aliphatic hydroxyl groups excluding tert-OH is 1. The summed E-state index contributed by atoms with van der Waals surface area (Å²) in [5.41, 5.74) is 3.29. The van der Waals surface area contributed by atoms with Crippen LogP contribution in [0.1, 0.15) is 48.7 Å². The number of hydrogen-bond acceptors (Lipinski definition) is 5.